The number of rotatable bonds is 3. The summed E-state index contributed by atoms with van der Waals surface area (Å²) in [5.74, 6) is 5.23. The Morgan fingerprint density at radius 3 is 2.62 bits per heavy atom. The molecule has 0 fully saturated rings. The molecular weight excluding hydrogens is 262 g/mol. The lowest BCUT2D eigenvalue weighted by Crippen LogP contribution is -2.57. The van der Waals surface area contributed by atoms with E-state index in [0.717, 1.165) is 5.69 Å². The Balaban J connectivity index is 2.62. The third-order valence-corrected chi connectivity index (χ3v) is 4.17. The highest BCUT2D eigenvalue weighted by atomic mass is 16.2. The summed E-state index contributed by atoms with van der Waals surface area (Å²) in [5, 5.41) is 0. The molecule has 114 valence electrons. The molecule has 1 aromatic rings. The van der Waals surface area contributed by atoms with Crippen LogP contribution in [0.15, 0.2) is 24.3 Å². The van der Waals surface area contributed by atoms with Crippen molar-refractivity contribution in [2.45, 2.75) is 52.6 Å². The van der Waals surface area contributed by atoms with Gasteiger partial charge < -0.3 is 4.90 Å². The predicted octanol–water partition coefficient (Wildman–Crippen LogP) is 2.77. The van der Waals surface area contributed by atoms with Gasteiger partial charge in [-0.1, -0.05) is 24.6 Å². The Labute approximate surface area is 127 Å². The first-order chi connectivity index (χ1) is 9.81. The van der Waals surface area contributed by atoms with Crippen LogP contribution in [0.1, 0.15) is 45.2 Å². The number of amides is 1. The zero-order chi connectivity index (χ0) is 15.8. The molecule has 1 heterocycles. The predicted molar refractivity (Wildman–Crippen MR) is 87.8 cm³/mol. The van der Waals surface area contributed by atoms with E-state index in [-0.39, 0.29) is 17.5 Å². The Bertz CT molecular complexity index is 590. The molecule has 1 atom stereocenters. The third-order valence-electron chi connectivity index (χ3n) is 4.17. The van der Waals surface area contributed by atoms with Crippen LogP contribution in [0.4, 0.5) is 5.69 Å². The van der Waals surface area contributed by atoms with E-state index in [1.54, 1.807) is 0 Å². The quantitative estimate of drug-likeness (QED) is 0.510. The van der Waals surface area contributed by atoms with Crippen molar-refractivity contribution in [2.75, 3.05) is 4.90 Å². The number of nitrogens with zero attached hydrogens (tertiary/aromatic N) is 1. The molecule has 0 unspecified atom stereocenters. The lowest BCUT2D eigenvalue weighted by molar-refractivity contribution is -0.122. The highest BCUT2D eigenvalue weighted by molar-refractivity contribution is 5.89. The Kier molecular flexibility index (Phi) is 4.10. The Morgan fingerprint density at radius 2 is 2.05 bits per heavy atom. The minimum atomic E-state index is -0.282. The summed E-state index contributed by atoms with van der Waals surface area (Å²) >= 11 is 0. The first-order valence-electron chi connectivity index (χ1n) is 7.42. The molecule has 1 amide bonds. The highest BCUT2D eigenvalue weighted by Crippen LogP contribution is 2.41. The molecular formula is C17H25N3O. The van der Waals surface area contributed by atoms with Gasteiger partial charge in [-0.3, -0.25) is 10.2 Å². The molecule has 0 aromatic heterocycles. The minimum Gasteiger partial charge on any atom is -0.350 e. The van der Waals surface area contributed by atoms with Crippen LogP contribution in [-0.4, -0.2) is 17.5 Å². The highest BCUT2D eigenvalue weighted by Gasteiger charge is 2.38. The summed E-state index contributed by atoms with van der Waals surface area (Å²) in [4.78, 5) is 14.4. The van der Waals surface area contributed by atoms with Gasteiger partial charge in [0.2, 0.25) is 0 Å². The van der Waals surface area contributed by atoms with E-state index in [4.69, 9.17) is 5.84 Å². The van der Waals surface area contributed by atoms with E-state index in [9.17, 15) is 4.79 Å². The largest absolute Gasteiger partial charge is 0.350 e. The molecule has 2 rings (SSSR count). The van der Waals surface area contributed by atoms with Crippen LogP contribution in [-0.2, 0) is 4.79 Å². The normalized spacial score (nSPS) is 17.8. The number of nitrogens with one attached hydrogen (secondary N) is 1. The van der Waals surface area contributed by atoms with Gasteiger partial charge in [-0.15, -0.1) is 0 Å². The van der Waals surface area contributed by atoms with Crippen LogP contribution >= 0.6 is 0 Å². The topological polar surface area (TPSA) is 58.4 Å². The molecule has 0 bridgehead atoms. The average Bonchev–Trinajstić information content (AvgIpc) is 2.42. The molecule has 0 saturated heterocycles. The van der Waals surface area contributed by atoms with Crippen molar-refractivity contribution < 1.29 is 4.79 Å². The van der Waals surface area contributed by atoms with Gasteiger partial charge in [-0.05, 0) is 51.8 Å². The molecule has 4 heteroatoms. The SMILES string of the molecule is CC[C@H](C(=O)NN)N1c2ccc(C)cc2C(C)=CC1(C)C. The average molecular weight is 287 g/mol. The van der Waals surface area contributed by atoms with Gasteiger partial charge in [-0.25, -0.2) is 5.84 Å². The summed E-state index contributed by atoms with van der Waals surface area (Å²) in [6.45, 7) is 10.5. The lowest BCUT2D eigenvalue weighted by atomic mass is 9.86. The van der Waals surface area contributed by atoms with Crippen LogP contribution in [0.2, 0.25) is 0 Å². The number of carbonyl (C=O) groups excluding carboxylic acids is 1. The molecule has 1 aromatic carbocycles. The molecule has 3 N–H and O–H groups in total. The molecule has 1 aliphatic heterocycles. The number of fused-ring (bicyclic) bond motifs is 1. The van der Waals surface area contributed by atoms with Gasteiger partial charge in [0.1, 0.15) is 6.04 Å². The molecule has 21 heavy (non-hydrogen) atoms. The lowest BCUT2D eigenvalue weighted by Gasteiger charge is -2.47. The maximum Gasteiger partial charge on any atom is 0.256 e. The zero-order valence-electron chi connectivity index (χ0n) is 13.5. The Morgan fingerprint density at radius 1 is 1.38 bits per heavy atom. The van der Waals surface area contributed by atoms with E-state index in [1.807, 2.05) is 6.92 Å². The summed E-state index contributed by atoms with van der Waals surface area (Å²) in [5.41, 5.74) is 6.83. The van der Waals surface area contributed by atoms with Crippen LogP contribution in [0, 0.1) is 6.92 Å². The number of allylic oxidation sites excluding steroid dienone is 1. The number of nitrogens with two attached hydrogens (primary N) is 1. The van der Waals surface area contributed by atoms with Crippen LogP contribution in [0.25, 0.3) is 5.57 Å². The zero-order valence-corrected chi connectivity index (χ0v) is 13.5. The van der Waals surface area contributed by atoms with Crippen LogP contribution in [0.5, 0.6) is 0 Å². The second-order valence-corrected chi connectivity index (χ2v) is 6.30. The van der Waals surface area contributed by atoms with Crippen molar-refractivity contribution in [2.24, 2.45) is 5.84 Å². The monoisotopic (exact) mass is 287 g/mol. The number of anilines is 1. The van der Waals surface area contributed by atoms with Crippen molar-refractivity contribution in [1.82, 2.24) is 5.43 Å². The van der Waals surface area contributed by atoms with Gasteiger partial charge in [0.15, 0.2) is 0 Å². The van der Waals surface area contributed by atoms with E-state index in [1.165, 1.54) is 16.7 Å². The maximum absolute atomic E-state index is 12.2. The third kappa shape index (κ3) is 2.68. The molecule has 0 radical (unpaired) electrons. The Hall–Kier alpha value is -1.81. The number of hydrogen-bond donors (Lipinski definition) is 2. The number of hydrazine groups is 1. The molecule has 0 aliphatic carbocycles. The van der Waals surface area contributed by atoms with E-state index in [0.29, 0.717) is 6.42 Å². The van der Waals surface area contributed by atoms with E-state index in [2.05, 4.69) is 62.3 Å². The number of hydrogen-bond acceptors (Lipinski definition) is 3. The van der Waals surface area contributed by atoms with Crippen molar-refractivity contribution in [3.63, 3.8) is 0 Å². The summed E-state index contributed by atoms with van der Waals surface area (Å²) < 4.78 is 0. The number of carbonyl (C=O) groups is 1. The van der Waals surface area contributed by atoms with Gasteiger partial charge in [-0.2, -0.15) is 0 Å². The molecule has 4 nitrogen and oxygen atoms in total. The van der Waals surface area contributed by atoms with Gasteiger partial charge in [0.05, 0.1) is 5.54 Å². The van der Waals surface area contributed by atoms with Crippen molar-refractivity contribution in [3.05, 3.63) is 35.4 Å². The van der Waals surface area contributed by atoms with Gasteiger partial charge in [0.25, 0.3) is 5.91 Å². The van der Waals surface area contributed by atoms with Crippen molar-refractivity contribution >= 4 is 17.2 Å². The van der Waals surface area contributed by atoms with Gasteiger partial charge in [0, 0.05) is 11.3 Å². The fourth-order valence-electron chi connectivity index (χ4n) is 3.31. The maximum atomic E-state index is 12.2. The first-order valence-corrected chi connectivity index (χ1v) is 7.42. The first kappa shape index (κ1) is 15.6. The standard InChI is InChI=1S/C17H25N3O/c1-6-14(16(21)19-18)20-15-8-7-11(2)9-13(15)12(3)10-17(20,4)5/h7-10,14H,6,18H2,1-5H3,(H,19,21)/t14-/m1/s1. The van der Waals surface area contributed by atoms with Gasteiger partial charge >= 0.3 is 0 Å². The van der Waals surface area contributed by atoms with Crippen LogP contribution in [0.3, 0.4) is 0 Å². The minimum absolute atomic E-state index is 0.148. The fourth-order valence-corrected chi connectivity index (χ4v) is 3.31. The molecule has 0 spiro atoms. The summed E-state index contributed by atoms with van der Waals surface area (Å²) in [6, 6.07) is 6.09. The summed E-state index contributed by atoms with van der Waals surface area (Å²) in [6.07, 6.45) is 2.92. The van der Waals surface area contributed by atoms with Crippen molar-refractivity contribution in [3.8, 4) is 0 Å². The smallest absolute Gasteiger partial charge is 0.256 e. The van der Waals surface area contributed by atoms with E-state index < -0.39 is 0 Å². The number of aryl methyl sites for hydroxylation is 1. The second kappa shape index (κ2) is 5.53. The molecule has 1 aliphatic rings. The van der Waals surface area contributed by atoms with E-state index >= 15 is 0 Å². The van der Waals surface area contributed by atoms with Crippen molar-refractivity contribution in [1.29, 1.82) is 0 Å². The molecule has 0 saturated carbocycles. The summed E-state index contributed by atoms with van der Waals surface area (Å²) in [7, 11) is 0. The number of benzene rings is 1. The fraction of sp³-hybridized carbons (Fsp3) is 0.471. The second-order valence-electron chi connectivity index (χ2n) is 6.30. The van der Waals surface area contributed by atoms with Crippen LogP contribution < -0.4 is 16.2 Å².